The second-order valence-corrected chi connectivity index (χ2v) is 8.10. The smallest absolute Gasteiger partial charge is 0.290 e. The molecule has 0 spiro atoms. The van der Waals surface area contributed by atoms with E-state index in [9.17, 15) is 16.8 Å². The zero-order valence-electron chi connectivity index (χ0n) is 7.61. The molecule has 0 saturated heterocycles. The molecule has 92 valence electrons. The standard InChI is InChI=1S/C6H8BrNO6S2/c7-5(15(9,10)11)3-1-2-4-6(5,8)16(12,13)14/h1-4H,8H2,(H,9,10,11)(H,12,13,14). The van der Waals surface area contributed by atoms with E-state index in [-0.39, 0.29) is 0 Å². The van der Waals surface area contributed by atoms with Crippen LogP contribution in [0, 0.1) is 0 Å². The molecule has 0 aromatic carbocycles. The van der Waals surface area contributed by atoms with Gasteiger partial charge < -0.3 is 5.73 Å². The predicted molar refractivity (Wildman–Crippen MR) is 60.0 cm³/mol. The molecule has 0 saturated carbocycles. The molecule has 2 unspecified atom stereocenters. The molecule has 0 fully saturated rings. The van der Waals surface area contributed by atoms with E-state index in [1.807, 2.05) is 0 Å². The molecular formula is C6H8BrNO6S2. The van der Waals surface area contributed by atoms with E-state index in [2.05, 4.69) is 15.9 Å². The highest BCUT2D eigenvalue weighted by Crippen LogP contribution is 2.42. The summed E-state index contributed by atoms with van der Waals surface area (Å²) in [7, 11) is -9.86. The summed E-state index contributed by atoms with van der Waals surface area (Å²) in [6.45, 7) is 0. The summed E-state index contributed by atoms with van der Waals surface area (Å²) in [6.07, 6.45) is 3.87. The van der Waals surface area contributed by atoms with Crippen LogP contribution < -0.4 is 5.73 Å². The summed E-state index contributed by atoms with van der Waals surface area (Å²) in [5, 5.41) is 0. The number of allylic oxidation sites excluding steroid dienone is 2. The number of rotatable bonds is 2. The number of hydrogen-bond acceptors (Lipinski definition) is 5. The largest absolute Gasteiger partial charge is 0.305 e. The van der Waals surface area contributed by atoms with Crippen LogP contribution in [0.2, 0.25) is 0 Å². The number of hydrogen-bond donors (Lipinski definition) is 3. The second kappa shape index (κ2) is 3.62. The fraction of sp³-hybridized carbons (Fsp3) is 0.333. The Kier molecular flexibility index (Phi) is 3.12. The van der Waals surface area contributed by atoms with E-state index in [1.165, 1.54) is 6.08 Å². The van der Waals surface area contributed by atoms with Crippen molar-refractivity contribution in [1.29, 1.82) is 0 Å². The Morgan fingerprint density at radius 1 is 1.00 bits per heavy atom. The third-order valence-electron chi connectivity index (χ3n) is 2.10. The quantitative estimate of drug-likeness (QED) is 0.463. The maximum atomic E-state index is 11.1. The van der Waals surface area contributed by atoms with Crippen LogP contribution in [0.1, 0.15) is 0 Å². The lowest BCUT2D eigenvalue weighted by Gasteiger charge is -2.36. The van der Waals surface area contributed by atoms with Gasteiger partial charge in [0, 0.05) is 0 Å². The first-order valence-corrected chi connectivity index (χ1v) is 7.42. The summed E-state index contributed by atoms with van der Waals surface area (Å²) in [5.74, 6) is 0. The average molecular weight is 334 g/mol. The van der Waals surface area contributed by atoms with Crippen molar-refractivity contribution in [3.63, 3.8) is 0 Å². The van der Waals surface area contributed by atoms with E-state index in [0.717, 1.165) is 18.2 Å². The minimum atomic E-state index is -4.96. The van der Waals surface area contributed by atoms with Gasteiger partial charge in [-0.3, -0.25) is 9.11 Å². The molecule has 0 heterocycles. The molecule has 0 amide bonds. The van der Waals surface area contributed by atoms with E-state index in [0.29, 0.717) is 0 Å². The number of halogens is 1. The second-order valence-electron chi connectivity index (χ2n) is 3.11. The van der Waals surface area contributed by atoms with Gasteiger partial charge >= 0.3 is 0 Å². The molecule has 10 heteroatoms. The van der Waals surface area contributed by atoms with Gasteiger partial charge in [-0.15, -0.1) is 0 Å². The summed E-state index contributed by atoms with van der Waals surface area (Å²) < 4.78 is 59.9. The Labute approximate surface area is 101 Å². The maximum Gasteiger partial charge on any atom is 0.290 e. The van der Waals surface area contributed by atoms with Crippen molar-refractivity contribution in [1.82, 2.24) is 0 Å². The summed E-state index contributed by atoms with van der Waals surface area (Å²) in [6, 6.07) is 0. The van der Waals surface area contributed by atoms with Gasteiger partial charge in [0.25, 0.3) is 20.2 Å². The molecule has 1 rings (SSSR count). The van der Waals surface area contributed by atoms with Crippen LogP contribution in [0.3, 0.4) is 0 Å². The lowest BCUT2D eigenvalue weighted by atomic mass is 10.1. The molecule has 1 aliphatic carbocycles. The fourth-order valence-corrected chi connectivity index (χ4v) is 4.09. The first-order valence-electron chi connectivity index (χ1n) is 3.75. The van der Waals surface area contributed by atoms with Gasteiger partial charge in [-0.1, -0.05) is 28.1 Å². The van der Waals surface area contributed by atoms with Gasteiger partial charge in [0.2, 0.25) is 3.66 Å². The zero-order chi connectivity index (χ0) is 12.8. The highest BCUT2D eigenvalue weighted by molar-refractivity contribution is 9.11. The summed E-state index contributed by atoms with van der Waals surface area (Å²) in [4.78, 5) is -2.71. The van der Waals surface area contributed by atoms with Crippen LogP contribution in [0.5, 0.6) is 0 Å². The maximum absolute atomic E-state index is 11.1. The number of nitrogens with two attached hydrogens (primary N) is 1. The summed E-state index contributed by atoms with van der Waals surface area (Å²) in [5.41, 5.74) is 5.34. The highest BCUT2D eigenvalue weighted by atomic mass is 79.9. The normalized spacial score (nSPS) is 35.2. The van der Waals surface area contributed by atoms with Gasteiger partial charge in [0.1, 0.15) is 0 Å². The predicted octanol–water partition coefficient (Wildman–Crippen LogP) is -0.366. The van der Waals surface area contributed by atoms with Crippen LogP contribution >= 0.6 is 15.9 Å². The first kappa shape index (κ1) is 13.8. The minimum absolute atomic E-state index is 0.755. The molecular weight excluding hydrogens is 326 g/mol. The van der Waals surface area contributed by atoms with Crippen molar-refractivity contribution in [2.75, 3.05) is 0 Å². The van der Waals surface area contributed by atoms with Crippen LogP contribution in [-0.2, 0) is 20.2 Å². The zero-order valence-corrected chi connectivity index (χ0v) is 10.8. The van der Waals surface area contributed by atoms with Gasteiger partial charge in [-0.2, -0.15) is 16.8 Å². The lowest BCUT2D eigenvalue weighted by Crippen LogP contribution is -2.63. The molecule has 0 bridgehead atoms. The van der Waals surface area contributed by atoms with E-state index in [1.54, 1.807) is 0 Å². The molecule has 0 aromatic heterocycles. The Balaban J connectivity index is 3.64. The molecule has 2 atom stereocenters. The van der Waals surface area contributed by atoms with Crippen LogP contribution in [-0.4, -0.2) is 34.5 Å². The Bertz CT molecular complexity index is 512. The Morgan fingerprint density at radius 3 is 1.75 bits per heavy atom. The molecule has 0 aliphatic heterocycles. The SMILES string of the molecule is NC1(S(=O)(=O)O)C=CC=CC1(Br)S(=O)(=O)O. The van der Waals surface area contributed by atoms with Crippen molar-refractivity contribution < 1.29 is 25.9 Å². The van der Waals surface area contributed by atoms with Crippen molar-refractivity contribution in [2.45, 2.75) is 8.53 Å². The number of alkyl halides is 1. The topological polar surface area (TPSA) is 135 Å². The monoisotopic (exact) mass is 333 g/mol. The third kappa shape index (κ3) is 1.75. The first-order chi connectivity index (χ1) is 6.96. The van der Waals surface area contributed by atoms with Crippen molar-refractivity contribution in [3.05, 3.63) is 24.3 Å². The van der Waals surface area contributed by atoms with Crippen LogP contribution in [0.25, 0.3) is 0 Å². The van der Waals surface area contributed by atoms with E-state index in [4.69, 9.17) is 14.8 Å². The molecule has 4 N–H and O–H groups in total. The Morgan fingerprint density at radius 2 is 1.44 bits per heavy atom. The third-order valence-corrected chi connectivity index (χ3v) is 7.18. The molecule has 1 aliphatic rings. The van der Waals surface area contributed by atoms with Gasteiger partial charge in [-0.05, 0) is 12.2 Å². The lowest BCUT2D eigenvalue weighted by molar-refractivity contribution is 0.422. The molecule has 16 heavy (non-hydrogen) atoms. The fourth-order valence-electron chi connectivity index (χ4n) is 1.17. The van der Waals surface area contributed by atoms with Gasteiger partial charge in [0.05, 0.1) is 0 Å². The van der Waals surface area contributed by atoms with Gasteiger partial charge in [-0.25, -0.2) is 0 Å². The molecule has 7 nitrogen and oxygen atoms in total. The van der Waals surface area contributed by atoms with Crippen molar-refractivity contribution in [3.8, 4) is 0 Å². The highest BCUT2D eigenvalue weighted by Gasteiger charge is 2.61. The molecule has 0 radical (unpaired) electrons. The van der Waals surface area contributed by atoms with Crippen molar-refractivity contribution >= 4 is 36.2 Å². The van der Waals surface area contributed by atoms with Crippen LogP contribution in [0.15, 0.2) is 24.3 Å². The van der Waals surface area contributed by atoms with Crippen molar-refractivity contribution in [2.24, 2.45) is 5.73 Å². The molecule has 0 aromatic rings. The van der Waals surface area contributed by atoms with E-state index < -0.39 is 28.8 Å². The van der Waals surface area contributed by atoms with E-state index >= 15 is 0 Å². The van der Waals surface area contributed by atoms with Gasteiger partial charge in [0.15, 0.2) is 4.87 Å². The van der Waals surface area contributed by atoms with Crippen LogP contribution in [0.4, 0.5) is 0 Å². The summed E-state index contributed by atoms with van der Waals surface area (Å²) >= 11 is 2.53. The average Bonchev–Trinajstić information content (AvgIpc) is 2.06. The minimum Gasteiger partial charge on any atom is -0.305 e. The Hall–Kier alpha value is -0.260.